The van der Waals surface area contributed by atoms with Gasteiger partial charge in [0.1, 0.15) is 11.3 Å². The number of rotatable bonds is 9. The molecule has 0 amide bonds. The summed E-state index contributed by atoms with van der Waals surface area (Å²) in [6, 6.07) is 42.1. The molecule has 3 aliphatic rings. The number of allylic oxidation sites excluding steroid dienone is 11. The first-order chi connectivity index (χ1) is 29.3. The molecule has 4 nitrogen and oxygen atoms in total. The Balaban J connectivity index is 0.986. The molecule has 0 spiro atoms. The second-order valence-electron chi connectivity index (χ2n) is 16.1. The van der Waals surface area contributed by atoms with Gasteiger partial charge >= 0.3 is 0 Å². The highest BCUT2D eigenvalue weighted by atomic mass is 16.3. The zero-order valence-electron chi connectivity index (χ0n) is 33.7. The van der Waals surface area contributed by atoms with E-state index in [1.165, 1.54) is 33.4 Å². The molecule has 2 aromatic heterocycles. The van der Waals surface area contributed by atoms with Crippen LogP contribution in [-0.2, 0) is 5.41 Å². The molecule has 5 aromatic carbocycles. The van der Waals surface area contributed by atoms with Crippen LogP contribution in [0.2, 0.25) is 0 Å². The van der Waals surface area contributed by atoms with Gasteiger partial charge in [-0.3, -0.25) is 0 Å². The summed E-state index contributed by atoms with van der Waals surface area (Å²) in [7, 11) is 0. The van der Waals surface area contributed by atoms with Gasteiger partial charge in [0, 0.05) is 39.3 Å². The van der Waals surface area contributed by atoms with Crippen LogP contribution >= 0.6 is 0 Å². The molecule has 2 unspecified atom stereocenters. The number of fused-ring (bicyclic) bond motifs is 5. The van der Waals surface area contributed by atoms with Crippen molar-refractivity contribution >= 4 is 29.2 Å². The quantitative estimate of drug-likeness (QED) is 0.137. The summed E-state index contributed by atoms with van der Waals surface area (Å²) in [5.74, 6) is 3.19. The summed E-state index contributed by atoms with van der Waals surface area (Å²) in [5.41, 5.74) is 14.0. The number of benzene rings is 5. The lowest BCUT2D eigenvalue weighted by Gasteiger charge is -2.32. The fourth-order valence-electron chi connectivity index (χ4n) is 8.88. The van der Waals surface area contributed by atoms with Gasteiger partial charge in [-0.05, 0) is 80.4 Å². The maximum atomic E-state index is 6.43. The van der Waals surface area contributed by atoms with E-state index in [0.29, 0.717) is 23.4 Å². The SMILES string of the molecule is C=C/C=C\C1=Cc2ccc(-c3nc(-c4ccccc4)nc(-c4cccc(-c5cccc6oc(/C=C\C(=C)C7=Cc8ccccc8C8C=CC=CC78)cc56)c4)n3)cc2C1(C)C. The third kappa shape index (κ3) is 6.66. The summed E-state index contributed by atoms with van der Waals surface area (Å²) < 4.78 is 6.43. The van der Waals surface area contributed by atoms with E-state index in [1.807, 2.05) is 60.7 Å². The largest absolute Gasteiger partial charge is 0.457 e. The van der Waals surface area contributed by atoms with Gasteiger partial charge in [-0.1, -0.05) is 185 Å². The first kappa shape index (κ1) is 36.9. The molecule has 2 heterocycles. The Labute approximate surface area is 351 Å². The lowest BCUT2D eigenvalue weighted by Crippen LogP contribution is -2.18. The molecule has 0 saturated heterocycles. The van der Waals surface area contributed by atoms with Crippen LogP contribution in [0.15, 0.2) is 204 Å². The average molecular weight is 774 g/mol. The standard InChI is InChI=1S/C56H43N3O/c1-5-6-21-43-32-40-28-29-42(34-51(40)56(43,3)4)55-58-53(37-16-8-7-9-17-37)57-54(59-55)41-20-14-19-38(31-41)46-25-15-26-52-50(46)35-44(60-52)30-27-36(2)49-33-39-18-10-11-22-45(39)47-23-12-13-24-48(47)49/h5-35,47-48H,1-2H2,3-4H3/b21-6-,30-27-. The fraction of sp³-hybridized carbons (Fsp3) is 0.0893. The van der Waals surface area contributed by atoms with E-state index < -0.39 is 0 Å². The zero-order chi connectivity index (χ0) is 40.8. The van der Waals surface area contributed by atoms with E-state index in [1.54, 1.807) is 0 Å². The van der Waals surface area contributed by atoms with E-state index in [2.05, 4.69) is 154 Å². The van der Waals surface area contributed by atoms with Crippen molar-refractivity contribution in [3.05, 3.63) is 228 Å². The van der Waals surface area contributed by atoms with Gasteiger partial charge in [0.2, 0.25) is 0 Å². The third-order valence-electron chi connectivity index (χ3n) is 12.1. The number of hydrogen-bond acceptors (Lipinski definition) is 4. The summed E-state index contributed by atoms with van der Waals surface area (Å²) >= 11 is 0. The number of aromatic nitrogens is 3. The molecule has 7 aromatic rings. The van der Waals surface area contributed by atoms with Gasteiger partial charge in [0.15, 0.2) is 17.5 Å². The third-order valence-corrected chi connectivity index (χ3v) is 12.1. The van der Waals surface area contributed by atoms with Crippen LogP contribution in [0.4, 0.5) is 0 Å². The van der Waals surface area contributed by atoms with Gasteiger partial charge in [0.05, 0.1) is 0 Å². The Morgan fingerprint density at radius 2 is 1.35 bits per heavy atom. The Hall–Kier alpha value is -7.43. The molecule has 10 rings (SSSR count). The van der Waals surface area contributed by atoms with Crippen molar-refractivity contribution in [1.82, 2.24) is 15.0 Å². The minimum Gasteiger partial charge on any atom is -0.457 e. The molecule has 4 heteroatoms. The summed E-state index contributed by atoms with van der Waals surface area (Å²) in [4.78, 5) is 15.3. The molecule has 0 aliphatic heterocycles. The smallest absolute Gasteiger partial charge is 0.164 e. The molecule has 0 fully saturated rings. The second-order valence-corrected chi connectivity index (χ2v) is 16.1. The molecular weight excluding hydrogens is 731 g/mol. The van der Waals surface area contributed by atoms with Crippen molar-refractivity contribution in [2.45, 2.75) is 25.2 Å². The molecule has 0 bridgehead atoms. The molecule has 0 N–H and O–H groups in total. The Kier molecular flexibility index (Phi) is 9.26. The monoisotopic (exact) mass is 773 g/mol. The Morgan fingerprint density at radius 1 is 0.650 bits per heavy atom. The van der Waals surface area contributed by atoms with Crippen LogP contribution in [0, 0.1) is 5.92 Å². The van der Waals surface area contributed by atoms with E-state index >= 15 is 0 Å². The minimum absolute atomic E-state index is 0.178. The zero-order valence-corrected chi connectivity index (χ0v) is 33.7. The van der Waals surface area contributed by atoms with E-state index in [0.717, 1.165) is 50.1 Å². The molecule has 0 saturated carbocycles. The van der Waals surface area contributed by atoms with Gasteiger partial charge in [-0.25, -0.2) is 15.0 Å². The molecule has 60 heavy (non-hydrogen) atoms. The van der Waals surface area contributed by atoms with Crippen molar-refractivity contribution in [3.8, 4) is 45.3 Å². The highest BCUT2D eigenvalue weighted by Crippen LogP contribution is 2.45. The van der Waals surface area contributed by atoms with Gasteiger partial charge in [0.25, 0.3) is 0 Å². The molecule has 3 aliphatic carbocycles. The molecule has 288 valence electrons. The van der Waals surface area contributed by atoms with Crippen LogP contribution < -0.4 is 0 Å². The summed E-state index contributed by atoms with van der Waals surface area (Å²) in [6.07, 6.45) is 23.5. The second kappa shape index (κ2) is 15.1. The summed E-state index contributed by atoms with van der Waals surface area (Å²) in [5, 5.41) is 1.03. The lowest BCUT2D eigenvalue weighted by atomic mass is 9.71. The first-order valence-corrected chi connectivity index (χ1v) is 20.5. The highest BCUT2D eigenvalue weighted by molar-refractivity contribution is 5.96. The van der Waals surface area contributed by atoms with Crippen LogP contribution in [0.5, 0.6) is 0 Å². The van der Waals surface area contributed by atoms with Crippen molar-refractivity contribution in [1.29, 1.82) is 0 Å². The lowest BCUT2D eigenvalue weighted by molar-refractivity contribution is 0.604. The maximum Gasteiger partial charge on any atom is 0.164 e. The predicted octanol–water partition coefficient (Wildman–Crippen LogP) is 14.2. The summed E-state index contributed by atoms with van der Waals surface area (Å²) in [6.45, 7) is 12.9. The molecule has 0 radical (unpaired) electrons. The molecular formula is C56H43N3O. The minimum atomic E-state index is -0.178. The van der Waals surface area contributed by atoms with E-state index in [9.17, 15) is 0 Å². The van der Waals surface area contributed by atoms with E-state index in [-0.39, 0.29) is 11.3 Å². The van der Waals surface area contributed by atoms with Gasteiger partial charge in [-0.15, -0.1) is 0 Å². The van der Waals surface area contributed by atoms with E-state index in [4.69, 9.17) is 19.4 Å². The van der Waals surface area contributed by atoms with Crippen LogP contribution in [0.25, 0.3) is 74.5 Å². The fourth-order valence-corrected chi connectivity index (χ4v) is 8.88. The first-order valence-electron chi connectivity index (χ1n) is 20.5. The Bertz CT molecular complexity index is 3060. The Morgan fingerprint density at radius 3 is 2.17 bits per heavy atom. The average Bonchev–Trinajstić information content (AvgIpc) is 3.84. The number of furan rings is 1. The number of nitrogens with zero attached hydrogens (tertiary/aromatic N) is 3. The van der Waals surface area contributed by atoms with Crippen LogP contribution in [0.1, 0.15) is 47.8 Å². The predicted molar refractivity (Wildman–Crippen MR) is 249 cm³/mol. The molecule has 2 atom stereocenters. The topological polar surface area (TPSA) is 51.8 Å². The van der Waals surface area contributed by atoms with Crippen molar-refractivity contribution in [3.63, 3.8) is 0 Å². The van der Waals surface area contributed by atoms with Crippen molar-refractivity contribution in [2.24, 2.45) is 5.92 Å². The maximum absolute atomic E-state index is 6.43. The normalized spacial score (nSPS) is 17.4. The van der Waals surface area contributed by atoms with Crippen LogP contribution in [0.3, 0.4) is 0 Å². The number of hydrogen-bond donors (Lipinski definition) is 0. The van der Waals surface area contributed by atoms with Crippen LogP contribution in [-0.4, -0.2) is 15.0 Å². The van der Waals surface area contributed by atoms with Gasteiger partial charge in [-0.2, -0.15) is 0 Å². The highest BCUT2D eigenvalue weighted by Gasteiger charge is 2.32. The van der Waals surface area contributed by atoms with Crippen molar-refractivity contribution < 1.29 is 4.42 Å². The van der Waals surface area contributed by atoms with Crippen molar-refractivity contribution in [2.75, 3.05) is 0 Å². The van der Waals surface area contributed by atoms with Gasteiger partial charge < -0.3 is 4.42 Å².